The van der Waals surface area contributed by atoms with E-state index in [2.05, 4.69) is 5.32 Å². The molecule has 0 aliphatic heterocycles. The zero-order valence-electron chi connectivity index (χ0n) is 16.4. The van der Waals surface area contributed by atoms with Crippen molar-refractivity contribution in [1.29, 1.82) is 0 Å². The minimum Gasteiger partial charge on any atom is -0.444 e. The van der Waals surface area contributed by atoms with Crippen molar-refractivity contribution in [3.8, 4) is 5.75 Å². The van der Waals surface area contributed by atoms with Gasteiger partial charge in [-0.05, 0) is 65.7 Å². The summed E-state index contributed by atoms with van der Waals surface area (Å²) in [6.45, 7) is 11.2. The quantitative estimate of drug-likeness (QED) is 0.618. The minimum atomic E-state index is -3.60. The summed E-state index contributed by atoms with van der Waals surface area (Å²) in [6.07, 6.45) is 0.174. The number of phosphoric acid groups is 1. The Kier molecular flexibility index (Phi) is 8.60. The van der Waals surface area contributed by atoms with Crippen LogP contribution < -0.4 is 9.84 Å². The summed E-state index contributed by atoms with van der Waals surface area (Å²) >= 11 is 0. The second kappa shape index (κ2) is 9.95. The summed E-state index contributed by atoms with van der Waals surface area (Å²) in [7, 11) is -3.60. The van der Waals surface area contributed by atoms with Crippen LogP contribution in [0.15, 0.2) is 24.3 Å². The lowest BCUT2D eigenvalue weighted by Gasteiger charge is -2.22. The standard InChI is InChI=1S/C18H30NO6P/c1-7-22-26(21,23-8-2)25-16-11-9-15(10-12-16)13-14(3)19-17(20)24-18(4,5)6/h9-12,14H,7-8,13H2,1-6H3,(H,19,20). The lowest BCUT2D eigenvalue weighted by atomic mass is 10.1. The van der Waals surface area contributed by atoms with Crippen molar-refractivity contribution in [2.45, 2.75) is 59.6 Å². The van der Waals surface area contributed by atoms with E-state index < -0.39 is 19.5 Å². The number of alkyl carbamates (subject to hydrolysis) is 1. The maximum atomic E-state index is 12.4. The van der Waals surface area contributed by atoms with Gasteiger partial charge < -0.3 is 14.6 Å². The summed E-state index contributed by atoms with van der Waals surface area (Å²) < 4.78 is 33.2. The molecular weight excluding hydrogens is 357 g/mol. The number of benzene rings is 1. The van der Waals surface area contributed by atoms with Crippen LogP contribution in [-0.2, 0) is 24.8 Å². The first-order chi connectivity index (χ1) is 12.1. The fourth-order valence-corrected chi connectivity index (χ4v) is 3.33. The Morgan fingerprint density at radius 2 is 1.65 bits per heavy atom. The van der Waals surface area contributed by atoms with Crippen LogP contribution in [0.5, 0.6) is 5.75 Å². The lowest BCUT2D eigenvalue weighted by Crippen LogP contribution is -2.38. The highest BCUT2D eigenvalue weighted by Crippen LogP contribution is 2.49. The third kappa shape index (κ3) is 8.70. The van der Waals surface area contributed by atoms with Crippen molar-refractivity contribution < 1.29 is 27.7 Å². The maximum Gasteiger partial charge on any atom is 0.530 e. The van der Waals surface area contributed by atoms with Crippen molar-refractivity contribution in [3.63, 3.8) is 0 Å². The summed E-state index contributed by atoms with van der Waals surface area (Å²) in [4.78, 5) is 11.8. The molecule has 1 rings (SSSR count). The summed E-state index contributed by atoms with van der Waals surface area (Å²) in [5, 5.41) is 2.79. The average molecular weight is 387 g/mol. The molecule has 8 heteroatoms. The first-order valence-corrected chi connectivity index (χ1v) is 10.2. The largest absolute Gasteiger partial charge is 0.530 e. The number of hydrogen-bond donors (Lipinski definition) is 1. The molecule has 1 aromatic carbocycles. The van der Waals surface area contributed by atoms with Gasteiger partial charge in [0.25, 0.3) is 0 Å². The number of phosphoric ester groups is 1. The van der Waals surface area contributed by atoms with Crippen LogP contribution in [0.2, 0.25) is 0 Å². The van der Waals surface area contributed by atoms with Crippen LogP contribution in [0.25, 0.3) is 0 Å². The zero-order chi connectivity index (χ0) is 19.8. The van der Waals surface area contributed by atoms with Gasteiger partial charge >= 0.3 is 13.9 Å². The fraction of sp³-hybridized carbons (Fsp3) is 0.611. The number of carbonyl (C=O) groups excluding carboxylic acids is 1. The summed E-state index contributed by atoms with van der Waals surface area (Å²) in [6, 6.07) is 6.96. The molecule has 0 aliphatic carbocycles. The number of ether oxygens (including phenoxy) is 1. The molecule has 0 aliphatic rings. The van der Waals surface area contributed by atoms with Gasteiger partial charge in [-0.25, -0.2) is 9.36 Å². The molecule has 1 N–H and O–H groups in total. The van der Waals surface area contributed by atoms with E-state index >= 15 is 0 Å². The van der Waals surface area contributed by atoms with Gasteiger partial charge in [0.05, 0.1) is 13.2 Å². The molecule has 0 saturated carbocycles. The normalized spacial score (nSPS) is 13.2. The van der Waals surface area contributed by atoms with Gasteiger partial charge in [-0.1, -0.05) is 12.1 Å². The van der Waals surface area contributed by atoms with E-state index in [4.69, 9.17) is 18.3 Å². The molecule has 0 saturated heterocycles. The number of hydrogen-bond acceptors (Lipinski definition) is 6. The third-order valence-electron chi connectivity index (χ3n) is 3.02. The topological polar surface area (TPSA) is 83.1 Å². The smallest absolute Gasteiger partial charge is 0.444 e. The molecule has 0 radical (unpaired) electrons. The number of carbonyl (C=O) groups is 1. The second-order valence-electron chi connectivity index (χ2n) is 6.77. The molecule has 7 nitrogen and oxygen atoms in total. The molecule has 0 heterocycles. The van der Waals surface area contributed by atoms with Crippen molar-refractivity contribution in [2.24, 2.45) is 0 Å². The molecule has 0 aromatic heterocycles. The van der Waals surface area contributed by atoms with Crippen LogP contribution in [-0.4, -0.2) is 30.9 Å². The summed E-state index contributed by atoms with van der Waals surface area (Å²) in [5.41, 5.74) is 0.459. The van der Waals surface area contributed by atoms with E-state index in [0.717, 1.165) is 5.56 Å². The molecule has 1 atom stereocenters. The van der Waals surface area contributed by atoms with Crippen molar-refractivity contribution in [1.82, 2.24) is 5.32 Å². The number of amides is 1. The average Bonchev–Trinajstić information content (AvgIpc) is 2.47. The Hall–Kier alpha value is -1.56. The fourth-order valence-electron chi connectivity index (χ4n) is 2.14. The third-order valence-corrected chi connectivity index (χ3v) is 4.60. The maximum absolute atomic E-state index is 12.4. The van der Waals surface area contributed by atoms with Gasteiger partial charge in [0, 0.05) is 6.04 Å². The van der Waals surface area contributed by atoms with Crippen LogP contribution in [0.3, 0.4) is 0 Å². The van der Waals surface area contributed by atoms with Gasteiger partial charge in [0.1, 0.15) is 11.4 Å². The van der Waals surface area contributed by atoms with Gasteiger partial charge in [-0.2, -0.15) is 0 Å². The highest BCUT2D eigenvalue weighted by molar-refractivity contribution is 7.48. The Bertz CT molecular complexity index is 601. The van der Waals surface area contributed by atoms with E-state index in [1.807, 2.05) is 39.8 Å². The molecule has 0 bridgehead atoms. The van der Waals surface area contributed by atoms with Gasteiger partial charge in [0.15, 0.2) is 0 Å². The van der Waals surface area contributed by atoms with Crippen LogP contribution >= 0.6 is 7.82 Å². The molecule has 26 heavy (non-hydrogen) atoms. The molecule has 1 amide bonds. The highest BCUT2D eigenvalue weighted by Gasteiger charge is 2.27. The van der Waals surface area contributed by atoms with Crippen LogP contribution in [0, 0.1) is 0 Å². The van der Waals surface area contributed by atoms with Gasteiger partial charge in [-0.15, -0.1) is 0 Å². The van der Waals surface area contributed by atoms with E-state index in [-0.39, 0.29) is 19.3 Å². The monoisotopic (exact) mass is 387 g/mol. The Morgan fingerprint density at radius 3 is 2.12 bits per heavy atom. The number of nitrogens with one attached hydrogen (secondary N) is 1. The predicted molar refractivity (Wildman–Crippen MR) is 100 cm³/mol. The molecule has 1 unspecified atom stereocenters. The minimum absolute atomic E-state index is 0.102. The van der Waals surface area contributed by atoms with Gasteiger partial charge in [-0.3, -0.25) is 9.05 Å². The summed E-state index contributed by atoms with van der Waals surface area (Å²) in [5.74, 6) is 0.395. The SMILES string of the molecule is CCOP(=O)(OCC)Oc1ccc(CC(C)NC(=O)OC(C)(C)C)cc1. The van der Waals surface area contributed by atoms with Crippen molar-refractivity contribution >= 4 is 13.9 Å². The Labute approximate surface area is 156 Å². The Balaban J connectivity index is 2.61. The Morgan fingerprint density at radius 1 is 1.12 bits per heavy atom. The molecular formula is C18H30NO6P. The highest BCUT2D eigenvalue weighted by atomic mass is 31.2. The molecule has 148 valence electrons. The molecule has 0 spiro atoms. The van der Waals surface area contributed by atoms with E-state index in [1.165, 1.54) is 0 Å². The van der Waals surface area contributed by atoms with Crippen molar-refractivity contribution in [3.05, 3.63) is 29.8 Å². The van der Waals surface area contributed by atoms with E-state index in [1.54, 1.807) is 26.0 Å². The van der Waals surface area contributed by atoms with Crippen molar-refractivity contribution in [2.75, 3.05) is 13.2 Å². The van der Waals surface area contributed by atoms with Crippen LogP contribution in [0.4, 0.5) is 4.79 Å². The molecule has 0 fully saturated rings. The predicted octanol–water partition coefficient (Wildman–Crippen LogP) is 4.70. The molecule has 1 aromatic rings. The van der Waals surface area contributed by atoms with Crippen LogP contribution in [0.1, 0.15) is 47.1 Å². The van der Waals surface area contributed by atoms with Gasteiger partial charge in [0.2, 0.25) is 0 Å². The lowest BCUT2D eigenvalue weighted by molar-refractivity contribution is 0.0508. The first kappa shape index (κ1) is 22.5. The van der Waals surface area contributed by atoms with E-state index in [0.29, 0.717) is 12.2 Å². The second-order valence-corrected chi connectivity index (χ2v) is 8.36. The van der Waals surface area contributed by atoms with E-state index in [9.17, 15) is 9.36 Å². The zero-order valence-corrected chi connectivity index (χ0v) is 17.3. The first-order valence-electron chi connectivity index (χ1n) is 8.74. The number of rotatable bonds is 9.